The van der Waals surface area contributed by atoms with Crippen molar-refractivity contribution < 1.29 is 4.79 Å². The van der Waals surface area contributed by atoms with Crippen LogP contribution in [0.4, 0.5) is 5.69 Å². The van der Waals surface area contributed by atoms with Gasteiger partial charge in [-0.2, -0.15) is 0 Å². The van der Waals surface area contributed by atoms with Crippen LogP contribution >= 0.6 is 0 Å². The summed E-state index contributed by atoms with van der Waals surface area (Å²) in [6.45, 7) is 4.08. The molecule has 0 bridgehead atoms. The number of benzene rings is 2. The van der Waals surface area contributed by atoms with Gasteiger partial charge in [0.15, 0.2) is 0 Å². The molecular weight excluding hydrogens is 246 g/mol. The predicted molar refractivity (Wildman–Crippen MR) is 83.9 cm³/mol. The fourth-order valence-electron chi connectivity index (χ4n) is 2.37. The Morgan fingerprint density at radius 1 is 1.00 bits per heavy atom. The smallest absolute Gasteiger partial charge is 0.224 e. The Labute approximate surface area is 120 Å². The molecule has 0 aliphatic rings. The number of rotatable bonds is 5. The molecule has 2 aromatic rings. The maximum atomic E-state index is 11.9. The lowest BCUT2D eigenvalue weighted by Gasteiger charge is -2.07. The van der Waals surface area contributed by atoms with Crippen molar-refractivity contribution in [2.75, 3.05) is 5.32 Å². The Kier molecular flexibility index (Phi) is 4.94. The lowest BCUT2D eigenvalue weighted by atomic mass is 10.1. The highest BCUT2D eigenvalue weighted by Gasteiger charge is 2.03. The van der Waals surface area contributed by atoms with Gasteiger partial charge in [0.25, 0.3) is 0 Å². The summed E-state index contributed by atoms with van der Waals surface area (Å²) in [4.78, 5) is 11.9. The molecule has 0 radical (unpaired) electrons. The first-order valence-corrected chi connectivity index (χ1v) is 7.05. The number of hydrogen-bond donors (Lipinski definition) is 1. The van der Waals surface area contributed by atoms with E-state index in [2.05, 4.69) is 23.5 Å². The van der Waals surface area contributed by atoms with Gasteiger partial charge in [0, 0.05) is 12.1 Å². The zero-order valence-electron chi connectivity index (χ0n) is 12.1. The number of carbonyl (C=O) groups is 1. The number of hydrogen-bond acceptors (Lipinski definition) is 1. The first-order valence-electron chi connectivity index (χ1n) is 7.05. The van der Waals surface area contributed by atoms with Gasteiger partial charge in [0.2, 0.25) is 5.91 Å². The molecule has 0 fully saturated rings. The predicted octanol–water partition coefficient (Wildman–Crippen LogP) is 4.26. The van der Waals surface area contributed by atoms with Crippen LogP contribution in [0.15, 0.2) is 48.5 Å². The van der Waals surface area contributed by atoms with Gasteiger partial charge in [-0.25, -0.2) is 0 Å². The summed E-state index contributed by atoms with van der Waals surface area (Å²) in [5.74, 6) is 0.0888. The molecule has 1 N–H and O–H groups in total. The molecule has 2 nitrogen and oxygen atoms in total. The standard InChI is InChI=1S/C18H21NO/c1-14-11-15(2)13-17(12-14)19-18(20)10-6-9-16-7-4-3-5-8-16/h3-5,7-8,11-13H,6,9-10H2,1-2H3,(H,19,20). The van der Waals surface area contributed by atoms with Crippen molar-refractivity contribution in [3.8, 4) is 0 Å². The van der Waals surface area contributed by atoms with E-state index in [1.807, 2.05) is 44.2 Å². The third-order valence-corrected chi connectivity index (χ3v) is 3.22. The average Bonchev–Trinajstić information content (AvgIpc) is 2.38. The quantitative estimate of drug-likeness (QED) is 0.861. The van der Waals surface area contributed by atoms with Crippen LogP contribution in [0.1, 0.15) is 29.5 Å². The molecule has 0 saturated carbocycles. The summed E-state index contributed by atoms with van der Waals surface area (Å²) >= 11 is 0. The van der Waals surface area contributed by atoms with E-state index in [1.165, 1.54) is 16.7 Å². The van der Waals surface area contributed by atoms with Gasteiger partial charge in [-0.3, -0.25) is 4.79 Å². The van der Waals surface area contributed by atoms with Gasteiger partial charge in [0.1, 0.15) is 0 Å². The van der Waals surface area contributed by atoms with E-state index in [-0.39, 0.29) is 5.91 Å². The summed E-state index contributed by atoms with van der Waals surface area (Å²) < 4.78 is 0. The largest absolute Gasteiger partial charge is 0.326 e. The van der Waals surface area contributed by atoms with Crippen molar-refractivity contribution in [1.82, 2.24) is 0 Å². The second-order valence-electron chi connectivity index (χ2n) is 5.26. The van der Waals surface area contributed by atoms with Crippen LogP contribution in [0.2, 0.25) is 0 Å². The van der Waals surface area contributed by atoms with Gasteiger partial charge in [0.05, 0.1) is 0 Å². The van der Waals surface area contributed by atoms with Crippen LogP contribution in [0.5, 0.6) is 0 Å². The van der Waals surface area contributed by atoms with E-state index in [4.69, 9.17) is 0 Å². The second-order valence-corrected chi connectivity index (χ2v) is 5.26. The normalized spacial score (nSPS) is 10.3. The third kappa shape index (κ3) is 4.54. The molecule has 20 heavy (non-hydrogen) atoms. The summed E-state index contributed by atoms with van der Waals surface area (Å²) in [7, 11) is 0. The Bertz CT molecular complexity index is 555. The number of aryl methyl sites for hydroxylation is 3. The van der Waals surface area contributed by atoms with Crippen LogP contribution in [0, 0.1) is 13.8 Å². The number of amides is 1. The molecule has 0 aliphatic heterocycles. The molecule has 0 atom stereocenters. The Morgan fingerprint density at radius 3 is 2.30 bits per heavy atom. The topological polar surface area (TPSA) is 29.1 Å². The second kappa shape index (κ2) is 6.90. The van der Waals surface area contributed by atoms with Gasteiger partial charge in [-0.05, 0) is 55.5 Å². The fourth-order valence-corrected chi connectivity index (χ4v) is 2.37. The van der Waals surface area contributed by atoms with Crippen molar-refractivity contribution in [1.29, 1.82) is 0 Å². The average molecular weight is 267 g/mol. The van der Waals surface area contributed by atoms with E-state index in [1.54, 1.807) is 0 Å². The maximum absolute atomic E-state index is 11.9. The molecule has 0 aliphatic carbocycles. The van der Waals surface area contributed by atoms with Gasteiger partial charge in [-0.1, -0.05) is 36.4 Å². The van der Waals surface area contributed by atoms with Gasteiger partial charge < -0.3 is 5.32 Å². The molecule has 1 amide bonds. The van der Waals surface area contributed by atoms with Crippen molar-refractivity contribution in [2.45, 2.75) is 33.1 Å². The molecule has 104 valence electrons. The zero-order chi connectivity index (χ0) is 14.4. The van der Waals surface area contributed by atoms with Crippen LogP contribution in [0.25, 0.3) is 0 Å². The molecule has 2 rings (SSSR count). The molecule has 0 aromatic heterocycles. The summed E-state index contributed by atoms with van der Waals surface area (Å²) in [5, 5.41) is 2.97. The monoisotopic (exact) mass is 267 g/mol. The minimum Gasteiger partial charge on any atom is -0.326 e. The Balaban J connectivity index is 1.81. The van der Waals surface area contributed by atoms with E-state index in [0.717, 1.165) is 18.5 Å². The van der Waals surface area contributed by atoms with Crippen molar-refractivity contribution in [3.05, 3.63) is 65.2 Å². The van der Waals surface area contributed by atoms with E-state index >= 15 is 0 Å². The molecule has 0 heterocycles. The fraction of sp³-hybridized carbons (Fsp3) is 0.278. The highest BCUT2D eigenvalue weighted by Crippen LogP contribution is 2.14. The van der Waals surface area contributed by atoms with E-state index in [9.17, 15) is 4.79 Å². The first-order chi connectivity index (χ1) is 9.63. The van der Waals surface area contributed by atoms with E-state index < -0.39 is 0 Å². The summed E-state index contributed by atoms with van der Waals surface area (Å²) in [6, 6.07) is 16.4. The van der Waals surface area contributed by atoms with Crippen LogP contribution < -0.4 is 5.32 Å². The van der Waals surface area contributed by atoms with Crippen LogP contribution in [-0.4, -0.2) is 5.91 Å². The van der Waals surface area contributed by atoms with Crippen molar-refractivity contribution >= 4 is 11.6 Å². The lowest BCUT2D eigenvalue weighted by Crippen LogP contribution is -2.11. The highest BCUT2D eigenvalue weighted by molar-refractivity contribution is 5.90. The molecule has 2 aromatic carbocycles. The SMILES string of the molecule is Cc1cc(C)cc(NC(=O)CCCc2ccccc2)c1. The third-order valence-electron chi connectivity index (χ3n) is 3.22. The number of nitrogens with one attached hydrogen (secondary N) is 1. The van der Waals surface area contributed by atoms with Gasteiger partial charge in [-0.15, -0.1) is 0 Å². The molecule has 0 spiro atoms. The summed E-state index contributed by atoms with van der Waals surface area (Å²) in [5.41, 5.74) is 4.52. The number of anilines is 1. The molecular formula is C18H21NO. The minimum atomic E-state index is 0.0888. The summed E-state index contributed by atoms with van der Waals surface area (Å²) in [6.07, 6.45) is 2.38. The maximum Gasteiger partial charge on any atom is 0.224 e. The first kappa shape index (κ1) is 14.3. The highest BCUT2D eigenvalue weighted by atomic mass is 16.1. The Hall–Kier alpha value is -2.09. The lowest BCUT2D eigenvalue weighted by molar-refractivity contribution is -0.116. The number of carbonyl (C=O) groups excluding carboxylic acids is 1. The Morgan fingerprint density at radius 2 is 1.65 bits per heavy atom. The molecule has 0 saturated heterocycles. The van der Waals surface area contributed by atoms with E-state index in [0.29, 0.717) is 6.42 Å². The van der Waals surface area contributed by atoms with Gasteiger partial charge >= 0.3 is 0 Å². The van der Waals surface area contributed by atoms with Crippen molar-refractivity contribution in [3.63, 3.8) is 0 Å². The molecule has 2 heteroatoms. The minimum absolute atomic E-state index is 0.0888. The van der Waals surface area contributed by atoms with Crippen LogP contribution in [-0.2, 0) is 11.2 Å². The molecule has 0 unspecified atom stereocenters. The zero-order valence-corrected chi connectivity index (χ0v) is 12.1. The van der Waals surface area contributed by atoms with Crippen LogP contribution in [0.3, 0.4) is 0 Å². The van der Waals surface area contributed by atoms with Crippen molar-refractivity contribution in [2.24, 2.45) is 0 Å².